The molecule has 0 aliphatic carbocycles. The van der Waals surface area contributed by atoms with E-state index in [1.165, 1.54) is 12.1 Å². The lowest BCUT2D eigenvalue weighted by Crippen LogP contribution is -2.37. The standard InChI is InChI=1S/C29H45NO9/c1-10-18(2)37-27(34)35-17-19(3)36-26(33)21(30)13-20-11-12-22(38-24(31)15-28(4,5)6)23(14-20)39-25(32)16-29(7,8)9/h11-12,14,18-19,21H,10,13,15-17,30H2,1-9H3/t18?,19-,21-/m0/s1. The van der Waals surface area contributed by atoms with Gasteiger partial charge in [-0.05, 0) is 55.2 Å². The number of rotatable bonds is 12. The molecule has 0 bridgehead atoms. The van der Waals surface area contributed by atoms with Crippen LogP contribution in [0.15, 0.2) is 18.2 Å². The Morgan fingerprint density at radius 3 is 1.87 bits per heavy atom. The zero-order valence-corrected chi connectivity index (χ0v) is 24.8. The van der Waals surface area contributed by atoms with Crippen molar-refractivity contribution in [1.29, 1.82) is 0 Å². The molecular weight excluding hydrogens is 506 g/mol. The summed E-state index contributed by atoms with van der Waals surface area (Å²) >= 11 is 0. The third-order valence-electron chi connectivity index (χ3n) is 5.19. The number of benzene rings is 1. The highest BCUT2D eigenvalue weighted by Gasteiger charge is 2.24. The second-order valence-corrected chi connectivity index (χ2v) is 12.2. The first-order valence-corrected chi connectivity index (χ1v) is 13.2. The molecule has 0 aliphatic heterocycles. The van der Waals surface area contributed by atoms with Crippen molar-refractivity contribution in [2.75, 3.05) is 6.61 Å². The van der Waals surface area contributed by atoms with E-state index in [-0.39, 0.29) is 54.3 Å². The largest absolute Gasteiger partial charge is 0.508 e. The Labute approximate surface area is 231 Å². The Morgan fingerprint density at radius 2 is 1.36 bits per heavy atom. The van der Waals surface area contributed by atoms with E-state index in [4.69, 9.17) is 29.4 Å². The van der Waals surface area contributed by atoms with Crippen molar-refractivity contribution in [3.63, 3.8) is 0 Å². The van der Waals surface area contributed by atoms with Gasteiger partial charge in [-0.2, -0.15) is 0 Å². The molecule has 3 atom stereocenters. The topological polar surface area (TPSA) is 140 Å². The van der Waals surface area contributed by atoms with Gasteiger partial charge in [-0.15, -0.1) is 0 Å². The molecule has 0 heterocycles. The molecular formula is C29H45NO9. The molecule has 2 N–H and O–H groups in total. The van der Waals surface area contributed by atoms with Crippen LogP contribution in [0.2, 0.25) is 0 Å². The van der Waals surface area contributed by atoms with Gasteiger partial charge >= 0.3 is 24.1 Å². The number of ether oxygens (including phenoxy) is 5. The Bertz CT molecular complexity index is 991. The number of nitrogens with two attached hydrogens (primary N) is 1. The first-order valence-electron chi connectivity index (χ1n) is 13.2. The molecule has 10 nitrogen and oxygen atoms in total. The van der Waals surface area contributed by atoms with Gasteiger partial charge in [0.2, 0.25) is 0 Å². The fourth-order valence-corrected chi connectivity index (χ4v) is 3.15. The number of hydrogen-bond donors (Lipinski definition) is 1. The maximum atomic E-state index is 12.5. The minimum Gasteiger partial charge on any atom is -0.458 e. The lowest BCUT2D eigenvalue weighted by molar-refractivity contribution is -0.152. The summed E-state index contributed by atoms with van der Waals surface area (Å²) in [5.41, 5.74) is 6.03. The number of carbonyl (C=O) groups excluding carboxylic acids is 4. The first-order chi connectivity index (χ1) is 17.9. The van der Waals surface area contributed by atoms with Gasteiger partial charge in [0.1, 0.15) is 24.9 Å². The van der Waals surface area contributed by atoms with Crippen LogP contribution < -0.4 is 15.2 Å². The maximum absolute atomic E-state index is 12.5. The molecule has 0 spiro atoms. The highest BCUT2D eigenvalue weighted by molar-refractivity contribution is 5.78. The molecule has 220 valence electrons. The highest BCUT2D eigenvalue weighted by atomic mass is 16.7. The molecule has 0 aliphatic rings. The molecule has 0 fully saturated rings. The summed E-state index contributed by atoms with van der Waals surface area (Å²) in [6.45, 7) is 16.4. The quantitative estimate of drug-likeness (QED) is 0.275. The van der Waals surface area contributed by atoms with Gasteiger partial charge < -0.3 is 29.4 Å². The predicted octanol–water partition coefficient (Wildman–Crippen LogP) is 5.12. The average Bonchev–Trinajstić information content (AvgIpc) is 2.76. The SMILES string of the molecule is CCC(C)OC(=O)OC[C@H](C)OC(=O)[C@@H](N)Cc1ccc(OC(=O)CC(C)(C)C)c(OC(=O)CC(C)(C)C)c1. The van der Waals surface area contributed by atoms with Crippen LogP contribution in [-0.4, -0.2) is 48.9 Å². The molecule has 1 rings (SSSR count). The van der Waals surface area contributed by atoms with E-state index in [0.29, 0.717) is 12.0 Å². The van der Waals surface area contributed by atoms with E-state index in [0.717, 1.165) is 0 Å². The fraction of sp³-hybridized carbons (Fsp3) is 0.655. The smallest absolute Gasteiger partial charge is 0.458 e. The van der Waals surface area contributed by atoms with Crippen molar-refractivity contribution in [1.82, 2.24) is 0 Å². The van der Waals surface area contributed by atoms with Gasteiger partial charge in [0.15, 0.2) is 11.5 Å². The van der Waals surface area contributed by atoms with E-state index in [2.05, 4.69) is 0 Å². The number of carbonyl (C=O) groups is 4. The van der Waals surface area contributed by atoms with Crippen molar-refractivity contribution in [3.05, 3.63) is 23.8 Å². The molecule has 0 saturated heterocycles. The van der Waals surface area contributed by atoms with Crippen LogP contribution in [0.4, 0.5) is 4.79 Å². The molecule has 1 aromatic carbocycles. The molecule has 1 unspecified atom stereocenters. The van der Waals surface area contributed by atoms with E-state index < -0.39 is 36.2 Å². The van der Waals surface area contributed by atoms with Gasteiger partial charge in [0.25, 0.3) is 0 Å². The summed E-state index contributed by atoms with van der Waals surface area (Å²) in [4.78, 5) is 49.1. The van der Waals surface area contributed by atoms with Gasteiger partial charge in [0, 0.05) is 0 Å². The van der Waals surface area contributed by atoms with Gasteiger partial charge in [-0.3, -0.25) is 14.4 Å². The van der Waals surface area contributed by atoms with Gasteiger partial charge in [-0.1, -0.05) is 54.5 Å². The second-order valence-electron chi connectivity index (χ2n) is 12.2. The highest BCUT2D eigenvalue weighted by Crippen LogP contribution is 2.32. The molecule has 10 heteroatoms. The van der Waals surface area contributed by atoms with Crippen molar-refractivity contribution >= 4 is 24.1 Å². The Morgan fingerprint density at radius 1 is 0.821 bits per heavy atom. The second kappa shape index (κ2) is 14.9. The minimum absolute atomic E-state index is 0.0580. The van der Waals surface area contributed by atoms with Crippen LogP contribution in [0, 0.1) is 10.8 Å². The molecule has 39 heavy (non-hydrogen) atoms. The lowest BCUT2D eigenvalue weighted by Gasteiger charge is -2.20. The van der Waals surface area contributed by atoms with E-state index in [1.54, 1.807) is 19.9 Å². The zero-order chi connectivity index (χ0) is 30.0. The van der Waals surface area contributed by atoms with Crippen LogP contribution >= 0.6 is 0 Å². The first kappa shape index (κ1) is 33.9. The minimum atomic E-state index is -1.05. The Kier molecular flexibility index (Phi) is 12.9. The van der Waals surface area contributed by atoms with Crippen LogP contribution in [0.3, 0.4) is 0 Å². The third kappa shape index (κ3) is 14.6. The summed E-state index contributed by atoms with van der Waals surface area (Å²) in [5, 5.41) is 0. The predicted molar refractivity (Wildman–Crippen MR) is 145 cm³/mol. The van der Waals surface area contributed by atoms with Gasteiger partial charge in [-0.25, -0.2) is 4.79 Å². The van der Waals surface area contributed by atoms with Crippen molar-refractivity contribution in [3.8, 4) is 11.5 Å². The zero-order valence-electron chi connectivity index (χ0n) is 24.8. The van der Waals surface area contributed by atoms with Crippen LogP contribution in [0.25, 0.3) is 0 Å². The summed E-state index contributed by atoms with van der Waals surface area (Å²) in [5.74, 6) is -1.49. The van der Waals surface area contributed by atoms with Crippen molar-refractivity contribution in [2.45, 2.75) is 106 Å². The van der Waals surface area contributed by atoms with E-state index in [1.807, 2.05) is 48.5 Å². The monoisotopic (exact) mass is 551 g/mol. The average molecular weight is 552 g/mol. The lowest BCUT2D eigenvalue weighted by atomic mass is 9.92. The molecule has 0 radical (unpaired) electrons. The summed E-state index contributed by atoms with van der Waals surface area (Å²) in [6, 6.07) is 3.61. The normalized spacial score (nSPS) is 14.0. The summed E-state index contributed by atoms with van der Waals surface area (Å²) < 4.78 is 26.3. The number of hydrogen-bond acceptors (Lipinski definition) is 10. The molecule has 0 amide bonds. The van der Waals surface area contributed by atoms with Crippen LogP contribution in [0.5, 0.6) is 11.5 Å². The molecule has 0 aromatic heterocycles. The molecule has 1 aromatic rings. The third-order valence-corrected chi connectivity index (χ3v) is 5.19. The summed E-state index contributed by atoms with van der Waals surface area (Å²) in [6.07, 6.45) is -0.856. The van der Waals surface area contributed by atoms with Crippen molar-refractivity contribution in [2.24, 2.45) is 16.6 Å². The van der Waals surface area contributed by atoms with E-state index in [9.17, 15) is 19.2 Å². The van der Waals surface area contributed by atoms with Gasteiger partial charge in [0.05, 0.1) is 12.8 Å². The fourth-order valence-electron chi connectivity index (χ4n) is 3.15. The van der Waals surface area contributed by atoms with E-state index >= 15 is 0 Å². The van der Waals surface area contributed by atoms with Crippen LogP contribution in [-0.2, 0) is 35.0 Å². The summed E-state index contributed by atoms with van der Waals surface area (Å²) in [7, 11) is 0. The Balaban J connectivity index is 2.91. The maximum Gasteiger partial charge on any atom is 0.508 e. The molecule has 0 saturated carbocycles. The van der Waals surface area contributed by atoms with Crippen molar-refractivity contribution < 1.29 is 42.9 Å². The van der Waals surface area contributed by atoms with Crippen LogP contribution in [0.1, 0.15) is 87.1 Å². The Hall–Kier alpha value is -3.14. The number of esters is 3.